The summed E-state index contributed by atoms with van der Waals surface area (Å²) in [6.07, 6.45) is 4.12. The number of carboxylic acid groups (broad SMARTS) is 1. The standard InChI is InChI=1S/C23H30FN5O5S/c1-11-9-15(35-28-11)16-12-10-29(20(24)17(12)26-18(19(16)30)21(31)32)27-14-8-6-5-7-13(14)25-22(33)34-23(2,3)4/h9-10,13-14,16,18,26-27H,5-8H2,1-4H3,(H,25,33)(H,31,32)/t13-,14+,16?,18?/m0/s1. The average Bonchev–Trinajstić information content (AvgIpc) is 3.30. The molecule has 35 heavy (non-hydrogen) atoms. The Labute approximate surface area is 206 Å². The van der Waals surface area contributed by atoms with E-state index in [1.165, 1.54) is 10.9 Å². The molecule has 1 aliphatic carbocycles. The van der Waals surface area contributed by atoms with Gasteiger partial charge in [-0.2, -0.15) is 8.76 Å². The molecule has 0 saturated heterocycles. The molecule has 4 N–H and O–H groups in total. The fraction of sp³-hybridized carbons (Fsp3) is 0.565. The number of carbonyl (C=O) groups is 3. The largest absolute Gasteiger partial charge is 0.479 e. The van der Waals surface area contributed by atoms with E-state index in [1.807, 2.05) is 0 Å². The van der Waals surface area contributed by atoms with E-state index in [9.17, 15) is 19.5 Å². The van der Waals surface area contributed by atoms with Crippen molar-refractivity contribution in [2.45, 2.75) is 83.0 Å². The van der Waals surface area contributed by atoms with Gasteiger partial charge in [-0.15, -0.1) is 0 Å². The molecular weight excluding hydrogens is 477 g/mol. The Balaban J connectivity index is 1.62. The average molecular weight is 508 g/mol. The van der Waals surface area contributed by atoms with Crippen LogP contribution in [-0.2, 0) is 14.3 Å². The Morgan fingerprint density at radius 3 is 2.57 bits per heavy atom. The number of Topliss-reactive ketones (excluding diaryl/α,β-unsaturated/α-hetero) is 1. The molecule has 2 aromatic rings. The fourth-order valence-electron chi connectivity index (χ4n) is 4.58. The summed E-state index contributed by atoms with van der Waals surface area (Å²) >= 11 is 1.09. The molecule has 190 valence electrons. The highest BCUT2D eigenvalue weighted by atomic mass is 32.1. The van der Waals surface area contributed by atoms with Crippen molar-refractivity contribution in [3.63, 3.8) is 0 Å². The predicted molar refractivity (Wildman–Crippen MR) is 128 cm³/mol. The highest BCUT2D eigenvalue weighted by Gasteiger charge is 2.43. The minimum absolute atomic E-state index is 0.0342. The number of ether oxygens (including phenoxy) is 1. The minimum atomic E-state index is -1.57. The number of aryl methyl sites for hydroxylation is 1. The van der Waals surface area contributed by atoms with Crippen LogP contribution < -0.4 is 16.1 Å². The molecule has 1 amide bonds. The van der Waals surface area contributed by atoms with Crippen LogP contribution in [0, 0.1) is 12.9 Å². The van der Waals surface area contributed by atoms with E-state index in [-0.39, 0.29) is 17.8 Å². The molecule has 2 aliphatic rings. The van der Waals surface area contributed by atoms with Crippen LogP contribution in [0.1, 0.15) is 68.5 Å². The number of halogens is 1. The first-order chi connectivity index (χ1) is 16.4. The molecule has 1 fully saturated rings. The summed E-state index contributed by atoms with van der Waals surface area (Å²) in [6, 6.07) is -0.448. The van der Waals surface area contributed by atoms with Gasteiger partial charge in [0, 0.05) is 16.6 Å². The Kier molecular flexibility index (Phi) is 6.76. The van der Waals surface area contributed by atoms with Crippen molar-refractivity contribution < 1.29 is 28.6 Å². The SMILES string of the molecule is Cc1cc(C2C(=O)C(C(=O)O)Nc3c2cn(N[C@@H]2CCCC[C@@H]2NC(=O)OC(C)(C)C)c3F)sn1. The summed E-state index contributed by atoms with van der Waals surface area (Å²) in [5.41, 5.74) is 3.48. The first kappa shape index (κ1) is 25.0. The minimum Gasteiger partial charge on any atom is -0.479 e. The van der Waals surface area contributed by atoms with Gasteiger partial charge in [-0.25, -0.2) is 14.3 Å². The van der Waals surface area contributed by atoms with Crippen LogP contribution in [0.2, 0.25) is 0 Å². The molecule has 3 heterocycles. The van der Waals surface area contributed by atoms with E-state index in [0.717, 1.165) is 24.4 Å². The van der Waals surface area contributed by atoms with Gasteiger partial charge in [-0.05, 0) is 58.1 Å². The number of carboxylic acids is 1. The highest BCUT2D eigenvalue weighted by Crippen LogP contribution is 2.40. The molecule has 4 atom stereocenters. The molecule has 2 unspecified atom stereocenters. The molecule has 0 bridgehead atoms. The summed E-state index contributed by atoms with van der Waals surface area (Å²) in [4.78, 5) is 37.7. The predicted octanol–water partition coefficient (Wildman–Crippen LogP) is 3.35. The number of alkyl carbamates (subject to hydrolysis) is 1. The third-order valence-electron chi connectivity index (χ3n) is 6.09. The van der Waals surface area contributed by atoms with Crippen LogP contribution >= 0.6 is 11.5 Å². The Bertz CT molecular complexity index is 1140. The number of anilines is 1. The number of nitrogens with one attached hydrogen (secondary N) is 3. The number of aliphatic carboxylic acids is 1. The maximum absolute atomic E-state index is 15.5. The van der Waals surface area contributed by atoms with Gasteiger partial charge in [0.15, 0.2) is 11.8 Å². The molecule has 0 radical (unpaired) electrons. The summed E-state index contributed by atoms with van der Waals surface area (Å²) in [5.74, 6) is -3.63. The number of ketones is 1. The summed E-state index contributed by atoms with van der Waals surface area (Å²) < 4.78 is 26.3. The summed E-state index contributed by atoms with van der Waals surface area (Å²) in [5, 5.41) is 15.0. The Morgan fingerprint density at radius 1 is 1.29 bits per heavy atom. The maximum atomic E-state index is 15.5. The van der Waals surface area contributed by atoms with E-state index in [1.54, 1.807) is 33.8 Å². The number of hydrogen-bond donors (Lipinski definition) is 4. The zero-order valence-corrected chi connectivity index (χ0v) is 20.9. The van der Waals surface area contributed by atoms with Crippen molar-refractivity contribution in [2.24, 2.45) is 0 Å². The quantitative estimate of drug-likeness (QED) is 0.453. The number of rotatable bonds is 5. The van der Waals surface area contributed by atoms with Crippen molar-refractivity contribution in [3.8, 4) is 0 Å². The van der Waals surface area contributed by atoms with Crippen LogP contribution in [0.25, 0.3) is 0 Å². The summed E-state index contributed by atoms with van der Waals surface area (Å²) in [6.45, 7) is 7.11. The van der Waals surface area contributed by atoms with Gasteiger partial charge >= 0.3 is 12.1 Å². The third-order valence-corrected chi connectivity index (χ3v) is 7.04. The molecule has 12 heteroatoms. The zero-order valence-electron chi connectivity index (χ0n) is 20.1. The van der Waals surface area contributed by atoms with Gasteiger partial charge in [0.05, 0.1) is 29.4 Å². The van der Waals surface area contributed by atoms with Crippen molar-refractivity contribution in [2.75, 3.05) is 10.7 Å². The molecule has 4 rings (SSSR count). The van der Waals surface area contributed by atoms with Crippen LogP contribution in [0.4, 0.5) is 14.9 Å². The molecule has 1 aliphatic heterocycles. The van der Waals surface area contributed by atoms with Crippen LogP contribution in [0.3, 0.4) is 0 Å². The second kappa shape index (κ2) is 9.48. The number of nitrogens with zero attached hydrogens (tertiary/aromatic N) is 2. The number of carbonyl (C=O) groups excluding carboxylic acids is 2. The normalized spacial score (nSPS) is 24.3. The van der Waals surface area contributed by atoms with Crippen molar-refractivity contribution in [1.82, 2.24) is 14.4 Å². The molecule has 0 aromatic carbocycles. The van der Waals surface area contributed by atoms with Gasteiger partial charge in [0.2, 0.25) is 5.95 Å². The highest BCUT2D eigenvalue weighted by molar-refractivity contribution is 7.06. The lowest BCUT2D eigenvalue weighted by Crippen LogP contribution is -2.51. The lowest BCUT2D eigenvalue weighted by molar-refractivity contribution is -0.141. The molecule has 0 spiro atoms. The van der Waals surface area contributed by atoms with Gasteiger partial charge in [-0.1, -0.05) is 12.8 Å². The zero-order chi connectivity index (χ0) is 25.5. The van der Waals surface area contributed by atoms with Gasteiger partial charge in [-0.3, -0.25) is 4.79 Å². The lowest BCUT2D eigenvalue weighted by Gasteiger charge is -2.34. The second-order valence-electron chi connectivity index (χ2n) is 10.0. The van der Waals surface area contributed by atoms with Crippen molar-refractivity contribution >= 4 is 35.1 Å². The third kappa shape index (κ3) is 5.26. The Hall–Kier alpha value is -3.15. The van der Waals surface area contributed by atoms with Gasteiger partial charge < -0.3 is 25.9 Å². The van der Waals surface area contributed by atoms with Crippen molar-refractivity contribution in [3.05, 3.63) is 34.3 Å². The second-order valence-corrected chi connectivity index (χ2v) is 10.9. The first-order valence-corrected chi connectivity index (χ1v) is 12.3. The van der Waals surface area contributed by atoms with Crippen molar-refractivity contribution in [1.29, 1.82) is 0 Å². The fourth-order valence-corrected chi connectivity index (χ4v) is 5.46. The van der Waals surface area contributed by atoms with E-state index in [0.29, 0.717) is 29.0 Å². The monoisotopic (exact) mass is 507 g/mol. The smallest absolute Gasteiger partial charge is 0.407 e. The molecular formula is C23H30FN5O5S. The number of hydrogen-bond acceptors (Lipinski definition) is 8. The maximum Gasteiger partial charge on any atom is 0.407 e. The summed E-state index contributed by atoms with van der Waals surface area (Å²) in [7, 11) is 0. The number of amides is 1. The van der Waals surface area contributed by atoms with Gasteiger partial charge in [0.1, 0.15) is 5.60 Å². The van der Waals surface area contributed by atoms with E-state index in [2.05, 4.69) is 20.4 Å². The molecule has 2 aromatic heterocycles. The molecule has 10 nitrogen and oxygen atoms in total. The van der Waals surface area contributed by atoms with E-state index < -0.39 is 41.4 Å². The Morgan fingerprint density at radius 2 is 1.97 bits per heavy atom. The van der Waals surface area contributed by atoms with Crippen LogP contribution in [0.5, 0.6) is 0 Å². The topological polar surface area (TPSA) is 135 Å². The van der Waals surface area contributed by atoms with Gasteiger partial charge in [0.25, 0.3) is 0 Å². The van der Waals surface area contributed by atoms with E-state index >= 15 is 4.39 Å². The lowest BCUT2D eigenvalue weighted by atomic mass is 9.86. The number of fused-ring (bicyclic) bond motifs is 1. The van der Waals surface area contributed by atoms with Crippen LogP contribution in [-0.4, -0.2) is 55.7 Å². The van der Waals surface area contributed by atoms with E-state index in [4.69, 9.17) is 4.74 Å². The number of aromatic nitrogens is 2. The van der Waals surface area contributed by atoms with Crippen LogP contribution in [0.15, 0.2) is 12.3 Å². The first-order valence-electron chi connectivity index (χ1n) is 11.6. The molecule has 1 saturated carbocycles.